The largest absolute Gasteiger partial charge is 0.391 e. The lowest BCUT2D eigenvalue weighted by Gasteiger charge is -2.34. The topological polar surface area (TPSA) is 60.9 Å². The van der Waals surface area contributed by atoms with Crippen LogP contribution in [0.4, 0.5) is 0 Å². The molecule has 2 atom stereocenters. The summed E-state index contributed by atoms with van der Waals surface area (Å²) in [6.45, 7) is 1.62. The number of hydrogen-bond donors (Lipinski definition) is 1. The van der Waals surface area contributed by atoms with Crippen LogP contribution in [0.15, 0.2) is 30.3 Å². The molecule has 0 radical (unpaired) electrons. The first-order chi connectivity index (χ1) is 12.0. The summed E-state index contributed by atoms with van der Waals surface area (Å²) in [5.41, 5.74) is 1.01. The molecule has 2 aliphatic rings. The summed E-state index contributed by atoms with van der Waals surface area (Å²) in [6.07, 6.45) is 3.78. The maximum Gasteiger partial charge on any atom is 0.227 e. The third-order valence-corrected chi connectivity index (χ3v) is 5.32. The lowest BCUT2D eigenvalue weighted by molar-refractivity contribution is -0.140. The number of likely N-dealkylation sites (N-methyl/N-ethyl adjacent to an activating group) is 1. The van der Waals surface area contributed by atoms with E-state index in [0.717, 1.165) is 37.8 Å². The van der Waals surface area contributed by atoms with Crippen LogP contribution in [0.1, 0.15) is 31.2 Å². The van der Waals surface area contributed by atoms with Gasteiger partial charge in [-0.1, -0.05) is 30.3 Å². The normalized spacial score (nSPS) is 21.7. The zero-order valence-corrected chi connectivity index (χ0v) is 14.9. The lowest BCUT2D eigenvalue weighted by Crippen LogP contribution is -2.47. The number of aliphatic hydroxyl groups is 1. The Balaban J connectivity index is 1.52. The summed E-state index contributed by atoms with van der Waals surface area (Å²) in [5.74, 6) is 0.358. The van der Waals surface area contributed by atoms with Crippen LogP contribution < -0.4 is 0 Å². The fraction of sp³-hybridized carbons (Fsp3) is 0.600. The maximum absolute atomic E-state index is 12.7. The minimum absolute atomic E-state index is 0.0527. The zero-order valence-electron chi connectivity index (χ0n) is 14.9. The highest BCUT2D eigenvalue weighted by Crippen LogP contribution is 2.33. The van der Waals surface area contributed by atoms with Gasteiger partial charge in [-0.15, -0.1) is 0 Å². The Labute approximate surface area is 149 Å². The molecular weight excluding hydrogens is 316 g/mol. The highest BCUT2D eigenvalue weighted by molar-refractivity contribution is 5.82. The van der Waals surface area contributed by atoms with E-state index in [-0.39, 0.29) is 17.7 Å². The van der Waals surface area contributed by atoms with Gasteiger partial charge < -0.3 is 14.9 Å². The molecule has 2 amide bonds. The quantitative estimate of drug-likeness (QED) is 0.854. The van der Waals surface area contributed by atoms with Crippen LogP contribution in [0.3, 0.4) is 0 Å². The Hall–Kier alpha value is -1.88. The number of benzene rings is 1. The van der Waals surface area contributed by atoms with Gasteiger partial charge in [0.05, 0.1) is 18.4 Å². The monoisotopic (exact) mass is 344 g/mol. The third-order valence-electron chi connectivity index (χ3n) is 5.32. The second-order valence-electron chi connectivity index (χ2n) is 7.46. The Morgan fingerprint density at radius 1 is 1.24 bits per heavy atom. The Kier molecular flexibility index (Phi) is 5.74. The molecule has 5 heteroatoms. The molecule has 1 aliphatic heterocycles. The maximum atomic E-state index is 12.7. The van der Waals surface area contributed by atoms with Crippen molar-refractivity contribution in [1.29, 1.82) is 0 Å². The molecule has 0 aromatic heterocycles. The molecule has 0 spiro atoms. The average molecular weight is 344 g/mol. The Morgan fingerprint density at radius 3 is 2.64 bits per heavy atom. The van der Waals surface area contributed by atoms with Crippen LogP contribution in [-0.4, -0.2) is 59.5 Å². The molecule has 1 saturated heterocycles. The van der Waals surface area contributed by atoms with Gasteiger partial charge in [0.1, 0.15) is 0 Å². The van der Waals surface area contributed by atoms with Crippen LogP contribution in [0.5, 0.6) is 0 Å². The number of nitrogens with zero attached hydrogens (tertiary/aromatic N) is 2. The number of amides is 2. The third kappa shape index (κ3) is 4.82. The number of carbonyl (C=O) groups excluding carboxylic acids is 2. The first-order valence-corrected chi connectivity index (χ1v) is 9.29. The van der Waals surface area contributed by atoms with E-state index in [1.54, 1.807) is 11.9 Å². The van der Waals surface area contributed by atoms with Gasteiger partial charge in [0.2, 0.25) is 11.8 Å². The number of rotatable bonds is 6. The summed E-state index contributed by atoms with van der Waals surface area (Å²) in [7, 11) is 1.76. The van der Waals surface area contributed by atoms with E-state index in [2.05, 4.69) is 0 Å². The van der Waals surface area contributed by atoms with Crippen LogP contribution in [0.2, 0.25) is 0 Å². The molecule has 1 aliphatic carbocycles. The van der Waals surface area contributed by atoms with Crippen molar-refractivity contribution >= 4 is 11.8 Å². The van der Waals surface area contributed by atoms with Gasteiger partial charge in [-0.05, 0) is 37.2 Å². The van der Waals surface area contributed by atoms with Gasteiger partial charge in [-0.2, -0.15) is 0 Å². The van der Waals surface area contributed by atoms with Gasteiger partial charge >= 0.3 is 0 Å². The Morgan fingerprint density at radius 2 is 1.96 bits per heavy atom. The highest BCUT2D eigenvalue weighted by atomic mass is 16.3. The summed E-state index contributed by atoms with van der Waals surface area (Å²) >= 11 is 0. The van der Waals surface area contributed by atoms with E-state index in [9.17, 15) is 14.7 Å². The van der Waals surface area contributed by atoms with Crippen molar-refractivity contribution in [3.05, 3.63) is 35.9 Å². The molecule has 2 fully saturated rings. The highest BCUT2D eigenvalue weighted by Gasteiger charge is 2.34. The summed E-state index contributed by atoms with van der Waals surface area (Å²) < 4.78 is 0. The van der Waals surface area contributed by atoms with Gasteiger partial charge in [0.15, 0.2) is 0 Å². The number of piperidine rings is 1. The molecule has 1 heterocycles. The Bertz CT molecular complexity index is 600. The van der Waals surface area contributed by atoms with E-state index in [1.165, 1.54) is 0 Å². The molecule has 25 heavy (non-hydrogen) atoms. The molecule has 3 rings (SSSR count). The molecule has 2 unspecified atom stereocenters. The molecule has 5 nitrogen and oxygen atoms in total. The lowest BCUT2D eigenvalue weighted by atomic mass is 9.95. The van der Waals surface area contributed by atoms with E-state index in [4.69, 9.17) is 0 Å². The van der Waals surface area contributed by atoms with Gasteiger partial charge in [0, 0.05) is 26.7 Å². The smallest absolute Gasteiger partial charge is 0.227 e. The SMILES string of the molecule is CN(CC(O)C1CC1)C(=O)C1CCCN(C(=O)Cc2ccccc2)C1. The predicted molar refractivity (Wildman–Crippen MR) is 95.8 cm³/mol. The van der Waals surface area contributed by atoms with Crippen molar-refractivity contribution in [2.24, 2.45) is 11.8 Å². The number of carbonyl (C=O) groups is 2. The van der Waals surface area contributed by atoms with E-state index >= 15 is 0 Å². The van der Waals surface area contributed by atoms with Crippen LogP contribution in [0, 0.1) is 11.8 Å². The fourth-order valence-electron chi connectivity index (χ4n) is 3.60. The van der Waals surface area contributed by atoms with Crippen LogP contribution in [0.25, 0.3) is 0 Å². The number of likely N-dealkylation sites (tertiary alicyclic amines) is 1. The molecule has 1 aromatic carbocycles. The molecular formula is C20H28N2O3. The van der Waals surface area contributed by atoms with Crippen molar-refractivity contribution in [2.45, 2.75) is 38.2 Å². The molecule has 1 N–H and O–H groups in total. The minimum atomic E-state index is -0.409. The molecule has 0 bridgehead atoms. The fourth-order valence-corrected chi connectivity index (χ4v) is 3.60. The predicted octanol–water partition coefficient (Wildman–Crippen LogP) is 1.70. The minimum Gasteiger partial charge on any atom is -0.391 e. The molecule has 1 saturated carbocycles. The summed E-state index contributed by atoms with van der Waals surface area (Å²) in [5, 5.41) is 10.1. The van der Waals surface area contributed by atoms with Gasteiger partial charge in [-0.25, -0.2) is 0 Å². The second-order valence-corrected chi connectivity index (χ2v) is 7.46. The zero-order chi connectivity index (χ0) is 17.8. The van der Waals surface area contributed by atoms with E-state index < -0.39 is 6.10 Å². The van der Waals surface area contributed by atoms with Gasteiger partial charge in [0.25, 0.3) is 0 Å². The number of hydrogen-bond acceptors (Lipinski definition) is 3. The van der Waals surface area contributed by atoms with E-state index in [1.807, 2.05) is 35.2 Å². The van der Waals surface area contributed by atoms with Crippen molar-refractivity contribution in [1.82, 2.24) is 9.80 Å². The van der Waals surface area contributed by atoms with Gasteiger partial charge in [-0.3, -0.25) is 9.59 Å². The first-order valence-electron chi connectivity index (χ1n) is 9.29. The average Bonchev–Trinajstić information content (AvgIpc) is 3.47. The van der Waals surface area contributed by atoms with Crippen molar-refractivity contribution in [3.8, 4) is 0 Å². The summed E-state index contributed by atoms with van der Waals surface area (Å²) in [6, 6.07) is 9.72. The molecule has 136 valence electrons. The molecule has 1 aromatic rings. The van der Waals surface area contributed by atoms with Crippen molar-refractivity contribution in [2.75, 3.05) is 26.7 Å². The second kappa shape index (κ2) is 8.00. The van der Waals surface area contributed by atoms with Crippen LogP contribution in [-0.2, 0) is 16.0 Å². The standard InChI is InChI=1S/C20H28N2O3/c1-21(14-18(23)16-9-10-16)20(25)17-8-5-11-22(13-17)19(24)12-15-6-3-2-4-7-15/h2-4,6-7,16-18,23H,5,8-14H2,1H3. The van der Waals surface area contributed by atoms with Crippen LogP contribution >= 0.6 is 0 Å². The summed E-state index contributed by atoms with van der Waals surface area (Å²) in [4.78, 5) is 28.7. The van der Waals surface area contributed by atoms with Crippen molar-refractivity contribution in [3.63, 3.8) is 0 Å². The van der Waals surface area contributed by atoms with E-state index in [0.29, 0.717) is 25.4 Å². The number of aliphatic hydroxyl groups excluding tert-OH is 1. The first kappa shape index (κ1) is 17.9. The van der Waals surface area contributed by atoms with Crippen molar-refractivity contribution < 1.29 is 14.7 Å².